The van der Waals surface area contributed by atoms with Crippen molar-refractivity contribution in [2.24, 2.45) is 0 Å². The van der Waals surface area contributed by atoms with Gasteiger partial charge in [-0.05, 0) is 31.5 Å². The smallest absolute Gasteiger partial charge is 0.0443 e. The van der Waals surface area contributed by atoms with E-state index in [1.165, 1.54) is 22.4 Å². The molecule has 0 radical (unpaired) electrons. The molecule has 0 amide bonds. The number of rotatable bonds is 7. The molecule has 1 N–H and O–H groups in total. The van der Waals surface area contributed by atoms with Crippen LogP contribution in [0.5, 0.6) is 0 Å². The van der Waals surface area contributed by atoms with Crippen LogP contribution >= 0.6 is 0 Å². The SMILES string of the molecule is CCCNCc1cnccc1N(C)Cc1cccc(C)c1. The summed E-state index contributed by atoms with van der Waals surface area (Å²) in [6.07, 6.45) is 4.98. The van der Waals surface area contributed by atoms with Crippen molar-refractivity contribution in [3.63, 3.8) is 0 Å². The van der Waals surface area contributed by atoms with Crippen LogP contribution in [0.2, 0.25) is 0 Å². The Morgan fingerprint density at radius 1 is 1.24 bits per heavy atom. The van der Waals surface area contributed by atoms with E-state index in [0.29, 0.717) is 0 Å². The first-order valence-corrected chi connectivity index (χ1v) is 7.61. The van der Waals surface area contributed by atoms with E-state index in [4.69, 9.17) is 0 Å². The average molecular weight is 283 g/mol. The molecular formula is C18H25N3. The third kappa shape index (κ3) is 4.57. The molecule has 0 aliphatic carbocycles. The van der Waals surface area contributed by atoms with E-state index in [9.17, 15) is 0 Å². The molecule has 2 rings (SSSR count). The number of nitrogens with zero attached hydrogens (tertiary/aromatic N) is 2. The van der Waals surface area contributed by atoms with Gasteiger partial charge in [0.15, 0.2) is 0 Å². The lowest BCUT2D eigenvalue weighted by Gasteiger charge is -2.22. The van der Waals surface area contributed by atoms with Gasteiger partial charge in [-0.15, -0.1) is 0 Å². The van der Waals surface area contributed by atoms with Crippen LogP contribution in [-0.2, 0) is 13.1 Å². The maximum Gasteiger partial charge on any atom is 0.0443 e. The molecule has 3 nitrogen and oxygen atoms in total. The van der Waals surface area contributed by atoms with Gasteiger partial charge < -0.3 is 10.2 Å². The first-order valence-electron chi connectivity index (χ1n) is 7.61. The van der Waals surface area contributed by atoms with Crippen LogP contribution in [0.3, 0.4) is 0 Å². The lowest BCUT2D eigenvalue weighted by atomic mass is 10.1. The minimum atomic E-state index is 0.870. The van der Waals surface area contributed by atoms with Gasteiger partial charge in [0.2, 0.25) is 0 Å². The summed E-state index contributed by atoms with van der Waals surface area (Å²) in [5, 5.41) is 3.45. The van der Waals surface area contributed by atoms with Crippen molar-refractivity contribution in [2.75, 3.05) is 18.5 Å². The van der Waals surface area contributed by atoms with Crippen molar-refractivity contribution >= 4 is 5.69 Å². The standard InChI is InChI=1S/C18H25N3/c1-4-9-19-12-17-13-20-10-8-18(17)21(3)14-16-7-5-6-15(2)11-16/h5-8,10-11,13,19H,4,9,12,14H2,1-3H3. The first-order chi connectivity index (χ1) is 10.2. The molecule has 0 fully saturated rings. The van der Waals surface area contributed by atoms with Gasteiger partial charge in [-0.3, -0.25) is 4.98 Å². The number of aryl methyl sites for hydroxylation is 1. The molecule has 1 heterocycles. The van der Waals surface area contributed by atoms with Crippen molar-refractivity contribution in [2.45, 2.75) is 33.4 Å². The van der Waals surface area contributed by atoms with Crippen LogP contribution in [0, 0.1) is 6.92 Å². The topological polar surface area (TPSA) is 28.2 Å². The van der Waals surface area contributed by atoms with Gasteiger partial charge in [0.05, 0.1) is 0 Å². The minimum absolute atomic E-state index is 0.870. The van der Waals surface area contributed by atoms with E-state index in [1.807, 2.05) is 12.4 Å². The molecule has 0 saturated heterocycles. The maximum absolute atomic E-state index is 4.26. The van der Waals surface area contributed by atoms with E-state index in [0.717, 1.165) is 26.1 Å². The molecule has 1 aromatic heterocycles. The molecule has 21 heavy (non-hydrogen) atoms. The number of hydrogen-bond donors (Lipinski definition) is 1. The fourth-order valence-electron chi connectivity index (χ4n) is 2.50. The predicted octanol–water partition coefficient (Wildman–Crippen LogP) is 3.53. The monoisotopic (exact) mass is 283 g/mol. The average Bonchev–Trinajstić information content (AvgIpc) is 2.48. The second kappa shape index (κ2) is 7.79. The summed E-state index contributed by atoms with van der Waals surface area (Å²) in [6, 6.07) is 10.8. The Hall–Kier alpha value is -1.87. The minimum Gasteiger partial charge on any atom is -0.370 e. The lowest BCUT2D eigenvalue weighted by molar-refractivity contribution is 0.672. The third-order valence-corrected chi connectivity index (χ3v) is 3.53. The molecule has 0 bridgehead atoms. The molecule has 0 saturated carbocycles. The van der Waals surface area contributed by atoms with Crippen molar-refractivity contribution in [1.82, 2.24) is 10.3 Å². The number of aromatic nitrogens is 1. The van der Waals surface area contributed by atoms with Crippen LogP contribution in [0.15, 0.2) is 42.7 Å². The Kier molecular flexibility index (Phi) is 5.76. The summed E-state index contributed by atoms with van der Waals surface area (Å²) < 4.78 is 0. The second-order valence-corrected chi connectivity index (χ2v) is 5.53. The van der Waals surface area contributed by atoms with Crippen molar-refractivity contribution < 1.29 is 0 Å². The Morgan fingerprint density at radius 3 is 2.86 bits per heavy atom. The summed E-state index contributed by atoms with van der Waals surface area (Å²) in [5.41, 5.74) is 5.14. The van der Waals surface area contributed by atoms with Crippen LogP contribution in [-0.4, -0.2) is 18.6 Å². The molecule has 0 aliphatic rings. The molecule has 2 aromatic rings. The molecule has 1 aromatic carbocycles. The Labute approximate surface area is 128 Å². The van der Waals surface area contributed by atoms with E-state index < -0.39 is 0 Å². The number of nitrogens with one attached hydrogen (secondary N) is 1. The highest BCUT2D eigenvalue weighted by Gasteiger charge is 2.08. The molecule has 0 aliphatic heterocycles. The van der Waals surface area contributed by atoms with Gasteiger partial charge in [0, 0.05) is 43.8 Å². The van der Waals surface area contributed by atoms with E-state index in [-0.39, 0.29) is 0 Å². The maximum atomic E-state index is 4.26. The first kappa shape index (κ1) is 15.5. The summed E-state index contributed by atoms with van der Waals surface area (Å²) >= 11 is 0. The normalized spacial score (nSPS) is 10.6. The van der Waals surface area contributed by atoms with Gasteiger partial charge in [0.1, 0.15) is 0 Å². The van der Waals surface area contributed by atoms with Gasteiger partial charge >= 0.3 is 0 Å². The second-order valence-electron chi connectivity index (χ2n) is 5.53. The Bertz CT molecular complexity index is 566. The largest absolute Gasteiger partial charge is 0.370 e. The van der Waals surface area contributed by atoms with Gasteiger partial charge in [-0.2, -0.15) is 0 Å². The highest BCUT2D eigenvalue weighted by molar-refractivity contribution is 5.52. The van der Waals surface area contributed by atoms with E-state index >= 15 is 0 Å². The predicted molar refractivity (Wildman–Crippen MR) is 89.5 cm³/mol. The summed E-state index contributed by atoms with van der Waals surface area (Å²) in [7, 11) is 2.14. The van der Waals surface area contributed by atoms with E-state index in [2.05, 4.69) is 66.4 Å². The summed E-state index contributed by atoms with van der Waals surface area (Å²) in [5.74, 6) is 0. The molecule has 0 unspecified atom stereocenters. The number of anilines is 1. The lowest BCUT2D eigenvalue weighted by Crippen LogP contribution is -2.21. The fourth-order valence-corrected chi connectivity index (χ4v) is 2.50. The highest BCUT2D eigenvalue weighted by atomic mass is 15.1. The van der Waals surface area contributed by atoms with Gasteiger partial charge in [-0.1, -0.05) is 36.8 Å². The highest BCUT2D eigenvalue weighted by Crippen LogP contribution is 2.20. The zero-order valence-corrected chi connectivity index (χ0v) is 13.3. The summed E-state index contributed by atoms with van der Waals surface area (Å²) in [4.78, 5) is 6.55. The van der Waals surface area contributed by atoms with E-state index in [1.54, 1.807) is 0 Å². The van der Waals surface area contributed by atoms with Crippen LogP contribution in [0.4, 0.5) is 5.69 Å². The van der Waals surface area contributed by atoms with Crippen LogP contribution < -0.4 is 10.2 Å². The zero-order valence-electron chi connectivity index (χ0n) is 13.3. The molecule has 3 heteroatoms. The Balaban J connectivity index is 2.09. The number of hydrogen-bond acceptors (Lipinski definition) is 3. The van der Waals surface area contributed by atoms with Gasteiger partial charge in [0.25, 0.3) is 0 Å². The zero-order chi connectivity index (χ0) is 15.1. The molecule has 112 valence electrons. The van der Waals surface area contributed by atoms with Crippen LogP contribution in [0.1, 0.15) is 30.0 Å². The quantitative estimate of drug-likeness (QED) is 0.788. The Morgan fingerprint density at radius 2 is 2.10 bits per heavy atom. The van der Waals surface area contributed by atoms with Crippen LogP contribution in [0.25, 0.3) is 0 Å². The number of pyridine rings is 1. The van der Waals surface area contributed by atoms with Crippen molar-refractivity contribution in [1.29, 1.82) is 0 Å². The molecular weight excluding hydrogens is 258 g/mol. The van der Waals surface area contributed by atoms with Crippen molar-refractivity contribution in [3.05, 3.63) is 59.4 Å². The van der Waals surface area contributed by atoms with Crippen molar-refractivity contribution in [3.8, 4) is 0 Å². The number of benzene rings is 1. The fraction of sp³-hybridized carbons (Fsp3) is 0.389. The molecule has 0 spiro atoms. The molecule has 0 atom stereocenters. The summed E-state index contributed by atoms with van der Waals surface area (Å²) in [6.45, 7) is 7.13. The third-order valence-electron chi connectivity index (χ3n) is 3.53. The van der Waals surface area contributed by atoms with Gasteiger partial charge in [-0.25, -0.2) is 0 Å².